The third kappa shape index (κ3) is 2.66. The van der Waals surface area contributed by atoms with E-state index < -0.39 is 0 Å². The molecule has 1 aromatic carbocycles. The Labute approximate surface area is 111 Å². The summed E-state index contributed by atoms with van der Waals surface area (Å²) >= 11 is 12.8. The lowest BCUT2D eigenvalue weighted by Gasteiger charge is -2.05. The van der Waals surface area contributed by atoms with Gasteiger partial charge >= 0.3 is 0 Å². The molecule has 17 heavy (non-hydrogen) atoms. The maximum atomic E-state index is 11.8. The second-order valence-electron chi connectivity index (χ2n) is 3.06. The Morgan fingerprint density at radius 1 is 1.41 bits per heavy atom. The molecule has 1 heterocycles. The van der Waals surface area contributed by atoms with Crippen molar-refractivity contribution in [3.63, 3.8) is 0 Å². The summed E-state index contributed by atoms with van der Waals surface area (Å²) in [6.45, 7) is 0. The number of benzene rings is 1. The monoisotopic (exact) mass is 288 g/mol. The van der Waals surface area contributed by atoms with Crippen LogP contribution in [0, 0.1) is 0 Å². The highest BCUT2D eigenvalue weighted by atomic mass is 35.5. The van der Waals surface area contributed by atoms with Crippen molar-refractivity contribution in [2.75, 3.05) is 11.1 Å². The molecule has 0 radical (unpaired) electrons. The van der Waals surface area contributed by atoms with Crippen molar-refractivity contribution in [3.05, 3.63) is 33.3 Å². The van der Waals surface area contributed by atoms with Gasteiger partial charge in [0.2, 0.25) is 5.13 Å². The highest BCUT2D eigenvalue weighted by molar-refractivity contribution is 7.13. The molecule has 0 spiro atoms. The topological polar surface area (TPSA) is 80.9 Å². The number of amides is 1. The number of aromatic nitrogens is 2. The maximum absolute atomic E-state index is 11.8. The Hall–Kier alpha value is -1.37. The van der Waals surface area contributed by atoms with Gasteiger partial charge in [-0.3, -0.25) is 10.1 Å². The van der Waals surface area contributed by atoms with Crippen molar-refractivity contribution in [1.29, 1.82) is 0 Å². The number of carbonyl (C=O) groups excluding carboxylic acids is 1. The predicted octanol–water partition coefficient (Wildman–Crippen LogP) is 2.68. The number of nitrogens with zero attached hydrogens (tertiary/aromatic N) is 2. The largest absolute Gasteiger partial charge is 0.397 e. The number of carbonyl (C=O) groups is 1. The van der Waals surface area contributed by atoms with Gasteiger partial charge in [0.05, 0.1) is 15.7 Å². The van der Waals surface area contributed by atoms with Gasteiger partial charge in [-0.05, 0) is 12.1 Å². The van der Waals surface area contributed by atoms with E-state index in [-0.39, 0.29) is 21.6 Å². The minimum atomic E-state index is -0.369. The molecule has 3 N–H and O–H groups in total. The predicted molar refractivity (Wildman–Crippen MR) is 68.7 cm³/mol. The van der Waals surface area contributed by atoms with Crippen LogP contribution in [0.1, 0.15) is 10.4 Å². The van der Waals surface area contributed by atoms with Gasteiger partial charge < -0.3 is 5.73 Å². The number of nitrogens with two attached hydrogens (primary N) is 1. The molecule has 2 rings (SSSR count). The van der Waals surface area contributed by atoms with E-state index in [1.165, 1.54) is 29.0 Å². The van der Waals surface area contributed by atoms with Crippen LogP contribution in [0.25, 0.3) is 0 Å². The third-order valence-corrected chi connectivity index (χ3v) is 3.32. The van der Waals surface area contributed by atoms with Crippen LogP contribution in [0.15, 0.2) is 17.6 Å². The van der Waals surface area contributed by atoms with E-state index in [9.17, 15) is 4.79 Å². The van der Waals surface area contributed by atoms with Crippen LogP contribution in [-0.4, -0.2) is 16.1 Å². The molecule has 0 unspecified atom stereocenters. The number of hydrogen-bond donors (Lipinski definition) is 2. The van der Waals surface area contributed by atoms with E-state index >= 15 is 0 Å². The van der Waals surface area contributed by atoms with Gasteiger partial charge in [0.15, 0.2) is 0 Å². The standard InChI is InChI=1S/C9H6Cl2N4OS/c10-5-1-4(2-6(12)7(5)11)8(16)14-9-15-13-3-17-9/h1-3H,12H2,(H,14,15,16). The van der Waals surface area contributed by atoms with Crippen molar-refractivity contribution in [3.8, 4) is 0 Å². The fourth-order valence-corrected chi connectivity index (χ4v) is 1.91. The van der Waals surface area contributed by atoms with Crippen LogP contribution in [0.4, 0.5) is 10.8 Å². The zero-order valence-corrected chi connectivity index (χ0v) is 10.6. The fourth-order valence-electron chi connectivity index (χ4n) is 1.14. The summed E-state index contributed by atoms with van der Waals surface area (Å²) < 4.78 is 0. The highest BCUT2D eigenvalue weighted by Crippen LogP contribution is 2.29. The summed E-state index contributed by atoms with van der Waals surface area (Å²) in [6.07, 6.45) is 0. The fraction of sp³-hybridized carbons (Fsp3) is 0. The molecule has 2 aromatic rings. The first-order chi connectivity index (χ1) is 8.08. The molecule has 0 aliphatic rings. The molecule has 8 heteroatoms. The van der Waals surface area contributed by atoms with Crippen LogP contribution in [0.3, 0.4) is 0 Å². The molecule has 0 atom stereocenters. The van der Waals surface area contributed by atoms with Crippen LogP contribution >= 0.6 is 34.5 Å². The molecule has 88 valence electrons. The minimum Gasteiger partial charge on any atom is -0.397 e. The summed E-state index contributed by atoms with van der Waals surface area (Å²) in [4.78, 5) is 11.8. The number of rotatable bonds is 2. The Morgan fingerprint density at radius 3 is 2.76 bits per heavy atom. The summed E-state index contributed by atoms with van der Waals surface area (Å²) in [6, 6.07) is 2.89. The zero-order chi connectivity index (χ0) is 12.4. The van der Waals surface area contributed by atoms with E-state index in [0.717, 1.165) is 0 Å². The first-order valence-corrected chi connectivity index (χ1v) is 6.03. The Morgan fingerprint density at radius 2 is 2.18 bits per heavy atom. The van der Waals surface area contributed by atoms with Gasteiger partial charge in [0.1, 0.15) is 5.51 Å². The van der Waals surface area contributed by atoms with Crippen molar-refractivity contribution in [2.45, 2.75) is 0 Å². The average Bonchev–Trinajstić information content (AvgIpc) is 2.77. The Balaban J connectivity index is 2.26. The molecule has 0 fully saturated rings. The van der Waals surface area contributed by atoms with E-state index in [1.807, 2.05) is 0 Å². The Kier molecular flexibility index (Phi) is 3.46. The maximum Gasteiger partial charge on any atom is 0.257 e. The smallest absolute Gasteiger partial charge is 0.257 e. The normalized spacial score (nSPS) is 10.2. The molecule has 1 amide bonds. The molecule has 0 saturated carbocycles. The Bertz CT molecular complexity index is 535. The first-order valence-electron chi connectivity index (χ1n) is 4.40. The lowest BCUT2D eigenvalue weighted by atomic mass is 10.2. The van der Waals surface area contributed by atoms with E-state index in [0.29, 0.717) is 10.7 Å². The van der Waals surface area contributed by atoms with Crippen LogP contribution < -0.4 is 11.1 Å². The minimum absolute atomic E-state index is 0.231. The summed E-state index contributed by atoms with van der Waals surface area (Å²) in [7, 11) is 0. The molecule has 0 aliphatic heterocycles. The van der Waals surface area contributed by atoms with Crippen LogP contribution in [0.5, 0.6) is 0 Å². The first kappa shape index (κ1) is 12.1. The zero-order valence-electron chi connectivity index (χ0n) is 8.28. The van der Waals surface area contributed by atoms with Gasteiger partial charge in [-0.25, -0.2) is 0 Å². The molecule has 0 bridgehead atoms. The average molecular weight is 289 g/mol. The number of nitrogen functional groups attached to an aromatic ring is 1. The van der Waals surface area contributed by atoms with Crippen LogP contribution in [-0.2, 0) is 0 Å². The van der Waals surface area contributed by atoms with Gasteiger partial charge in [-0.15, -0.1) is 10.2 Å². The van der Waals surface area contributed by atoms with E-state index in [2.05, 4.69) is 15.5 Å². The van der Waals surface area contributed by atoms with Gasteiger partial charge in [0, 0.05) is 5.56 Å². The molecule has 1 aromatic heterocycles. The summed E-state index contributed by atoms with van der Waals surface area (Å²) in [5.74, 6) is -0.369. The second-order valence-corrected chi connectivity index (χ2v) is 4.68. The van der Waals surface area contributed by atoms with Crippen molar-refractivity contribution < 1.29 is 4.79 Å². The van der Waals surface area contributed by atoms with Gasteiger partial charge in [-0.1, -0.05) is 34.5 Å². The van der Waals surface area contributed by atoms with Crippen molar-refractivity contribution in [2.24, 2.45) is 0 Å². The second kappa shape index (κ2) is 4.87. The number of halogens is 2. The lowest BCUT2D eigenvalue weighted by molar-refractivity contribution is 0.102. The summed E-state index contributed by atoms with van der Waals surface area (Å²) in [5.41, 5.74) is 7.69. The molecule has 5 nitrogen and oxygen atoms in total. The van der Waals surface area contributed by atoms with E-state index in [1.54, 1.807) is 0 Å². The lowest BCUT2D eigenvalue weighted by Crippen LogP contribution is -2.12. The summed E-state index contributed by atoms with van der Waals surface area (Å²) in [5, 5.41) is 10.7. The quantitative estimate of drug-likeness (QED) is 0.833. The van der Waals surface area contributed by atoms with Crippen molar-refractivity contribution in [1.82, 2.24) is 10.2 Å². The molecule has 0 aliphatic carbocycles. The van der Waals surface area contributed by atoms with E-state index in [4.69, 9.17) is 28.9 Å². The molecular weight excluding hydrogens is 283 g/mol. The number of anilines is 2. The number of nitrogens with one attached hydrogen (secondary N) is 1. The van der Waals surface area contributed by atoms with Crippen LogP contribution in [0.2, 0.25) is 10.0 Å². The van der Waals surface area contributed by atoms with Gasteiger partial charge in [-0.2, -0.15) is 0 Å². The third-order valence-electron chi connectivity index (χ3n) is 1.90. The highest BCUT2D eigenvalue weighted by Gasteiger charge is 2.12. The molecular formula is C9H6Cl2N4OS. The molecule has 0 saturated heterocycles. The number of hydrogen-bond acceptors (Lipinski definition) is 5. The van der Waals surface area contributed by atoms with Crippen molar-refractivity contribution >= 4 is 51.3 Å². The van der Waals surface area contributed by atoms with Gasteiger partial charge in [0.25, 0.3) is 5.91 Å². The SMILES string of the molecule is Nc1cc(C(=O)Nc2nncs2)cc(Cl)c1Cl.